The lowest BCUT2D eigenvalue weighted by atomic mass is 10.3. The molecule has 0 bridgehead atoms. The second kappa shape index (κ2) is 6.26. The Morgan fingerprint density at radius 3 is 2.95 bits per heavy atom. The van der Waals surface area contributed by atoms with E-state index in [1.807, 2.05) is 11.6 Å². The molecule has 1 amide bonds. The van der Waals surface area contributed by atoms with Crippen LogP contribution in [0.1, 0.15) is 24.6 Å². The molecule has 1 aliphatic carbocycles. The molecule has 0 radical (unpaired) electrons. The number of amides is 1. The van der Waals surface area contributed by atoms with Crippen LogP contribution in [0.25, 0.3) is 0 Å². The van der Waals surface area contributed by atoms with Crippen molar-refractivity contribution in [3.05, 3.63) is 34.9 Å². The summed E-state index contributed by atoms with van der Waals surface area (Å²) in [6.45, 7) is 0. The van der Waals surface area contributed by atoms with Crippen molar-refractivity contribution in [1.82, 2.24) is 14.8 Å². The van der Waals surface area contributed by atoms with Crippen molar-refractivity contribution < 1.29 is 9.18 Å². The lowest BCUT2D eigenvalue weighted by molar-refractivity contribution is -0.113. The van der Waals surface area contributed by atoms with Crippen LogP contribution in [0.5, 0.6) is 0 Å². The lowest BCUT2D eigenvalue weighted by Gasteiger charge is -2.06. The van der Waals surface area contributed by atoms with Gasteiger partial charge in [0, 0.05) is 18.0 Å². The largest absolute Gasteiger partial charge is 0.323 e. The fraction of sp³-hybridized carbons (Fsp3) is 0.357. The number of carbonyl (C=O) groups excluding carboxylic acids is 1. The van der Waals surface area contributed by atoms with Crippen LogP contribution < -0.4 is 5.32 Å². The molecule has 0 saturated heterocycles. The molecule has 8 heteroatoms. The first-order chi connectivity index (χ1) is 10.5. The summed E-state index contributed by atoms with van der Waals surface area (Å²) in [6.07, 6.45) is 2.29. The van der Waals surface area contributed by atoms with Crippen LogP contribution in [0, 0.1) is 5.82 Å². The van der Waals surface area contributed by atoms with Gasteiger partial charge in [0.25, 0.3) is 0 Å². The van der Waals surface area contributed by atoms with Crippen molar-refractivity contribution in [3.63, 3.8) is 0 Å². The Bertz CT molecular complexity index is 717. The smallest absolute Gasteiger partial charge is 0.234 e. The van der Waals surface area contributed by atoms with Crippen LogP contribution in [0.15, 0.2) is 23.4 Å². The maximum atomic E-state index is 13.6. The van der Waals surface area contributed by atoms with Crippen LogP contribution in [-0.4, -0.2) is 26.4 Å². The third-order valence-corrected chi connectivity index (χ3v) is 4.60. The summed E-state index contributed by atoms with van der Waals surface area (Å²) in [5.74, 6) is 0.747. The molecule has 1 fully saturated rings. The Morgan fingerprint density at radius 2 is 2.27 bits per heavy atom. The third kappa shape index (κ3) is 3.41. The highest BCUT2D eigenvalue weighted by Crippen LogP contribution is 2.39. The zero-order valence-electron chi connectivity index (χ0n) is 11.8. The van der Waals surface area contributed by atoms with Gasteiger partial charge in [-0.05, 0) is 31.0 Å². The standard InChI is InChI=1S/C14H14ClFN4OS/c1-20-13(8-2-3-8)18-19-14(20)22-7-12(21)17-11-5-4-9(15)6-10(11)16/h4-6,8H,2-3,7H2,1H3,(H,17,21). The van der Waals surface area contributed by atoms with Crippen LogP contribution in [0.3, 0.4) is 0 Å². The molecule has 1 aromatic heterocycles. The maximum Gasteiger partial charge on any atom is 0.234 e. The summed E-state index contributed by atoms with van der Waals surface area (Å²) in [4.78, 5) is 11.9. The quantitative estimate of drug-likeness (QED) is 0.849. The van der Waals surface area contributed by atoms with E-state index in [0.717, 1.165) is 24.7 Å². The van der Waals surface area contributed by atoms with E-state index >= 15 is 0 Å². The van der Waals surface area contributed by atoms with Gasteiger partial charge in [-0.25, -0.2) is 4.39 Å². The molecule has 3 rings (SSSR count). The average Bonchev–Trinajstić information content (AvgIpc) is 3.24. The molecule has 1 aromatic carbocycles. The monoisotopic (exact) mass is 340 g/mol. The fourth-order valence-corrected chi connectivity index (χ4v) is 2.93. The Balaban J connectivity index is 1.58. The van der Waals surface area contributed by atoms with Gasteiger partial charge in [0.15, 0.2) is 5.16 Å². The Labute approximate surface area is 136 Å². The second-order valence-corrected chi connectivity index (χ2v) is 6.51. The summed E-state index contributed by atoms with van der Waals surface area (Å²) >= 11 is 6.95. The molecule has 22 heavy (non-hydrogen) atoms. The molecule has 0 atom stereocenters. The summed E-state index contributed by atoms with van der Waals surface area (Å²) in [6, 6.07) is 4.13. The van der Waals surface area contributed by atoms with Crippen molar-refractivity contribution in [1.29, 1.82) is 0 Å². The SMILES string of the molecule is Cn1c(SCC(=O)Nc2ccc(Cl)cc2F)nnc1C1CC1. The van der Waals surface area contributed by atoms with Gasteiger partial charge in [-0.15, -0.1) is 10.2 Å². The number of carbonyl (C=O) groups is 1. The summed E-state index contributed by atoms with van der Waals surface area (Å²) in [5, 5.41) is 11.7. The van der Waals surface area contributed by atoms with E-state index in [1.54, 1.807) is 0 Å². The predicted octanol–water partition coefficient (Wildman–Crippen LogP) is 3.22. The zero-order chi connectivity index (χ0) is 15.7. The predicted molar refractivity (Wildman–Crippen MR) is 83.7 cm³/mol. The van der Waals surface area contributed by atoms with Crippen LogP contribution in [-0.2, 0) is 11.8 Å². The van der Waals surface area contributed by atoms with E-state index in [-0.39, 0.29) is 22.4 Å². The zero-order valence-corrected chi connectivity index (χ0v) is 13.4. The number of anilines is 1. The number of hydrogen-bond donors (Lipinski definition) is 1. The first kappa shape index (κ1) is 15.3. The van der Waals surface area contributed by atoms with E-state index in [1.165, 1.54) is 23.9 Å². The van der Waals surface area contributed by atoms with Crippen LogP contribution in [0.2, 0.25) is 5.02 Å². The minimum Gasteiger partial charge on any atom is -0.323 e. The fourth-order valence-electron chi connectivity index (χ4n) is 2.06. The molecular weight excluding hydrogens is 327 g/mol. The van der Waals surface area contributed by atoms with Gasteiger partial charge in [-0.1, -0.05) is 23.4 Å². The molecule has 0 spiro atoms. The maximum absolute atomic E-state index is 13.6. The van der Waals surface area contributed by atoms with Gasteiger partial charge in [0.2, 0.25) is 5.91 Å². The van der Waals surface area contributed by atoms with Crippen molar-refractivity contribution in [3.8, 4) is 0 Å². The Kier molecular flexibility index (Phi) is 4.35. The van der Waals surface area contributed by atoms with E-state index < -0.39 is 5.82 Å². The van der Waals surface area contributed by atoms with Gasteiger partial charge in [0.1, 0.15) is 11.6 Å². The molecule has 0 aliphatic heterocycles. The van der Waals surface area contributed by atoms with E-state index in [0.29, 0.717) is 11.1 Å². The summed E-state index contributed by atoms with van der Waals surface area (Å²) < 4.78 is 15.5. The number of halogens is 2. The highest BCUT2D eigenvalue weighted by Gasteiger charge is 2.29. The highest BCUT2D eigenvalue weighted by atomic mass is 35.5. The first-order valence-electron chi connectivity index (χ1n) is 6.81. The lowest BCUT2D eigenvalue weighted by Crippen LogP contribution is -2.15. The van der Waals surface area contributed by atoms with Crippen LogP contribution in [0.4, 0.5) is 10.1 Å². The minimum atomic E-state index is -0.555. The van der Waals surface area contributed by atoms with Crippen molar-refractivity contribution in [2.75, 3.05) is 11.1 Å². The average molecular weight is 341 g/mol. The molecule has 1 aliphatic rings. The minimum absolute atomic E-state index is 0.117. The van der Waals surface area contributed by atoms with Gasteiger partial charge in [-0.2, -0.15) is 0 Å². The second-order valence-electron chi connectivity index (χ2n) is 5.14. The molecule has 1 N–H and O–H groups in total. The number of rotatable bonds is 5. The molecule has 116 valence electrons. The van der Waals surface area contributed by atoms with Gasteiger partial charge >= 0.3 is 0 Å². The third-order valence-electron chi connectivity index (χ3n) is 3.35. The number of nitrogens with zero attached hydrogens (tertiary/aromatic N) is 3. The number of benzene rings is 1. The summed E-state index contributed by atoms with van der Waals surface area (Å²) in [5.41, 5.74) is 0.117. The number of aromatic nitrogens is 3. The van der Waals surface area contributed by atoms with Crippen molar-refractivity contribution >= 4 is 35.0 Å². The summed E-state index contributed by atoms with van der Waals surface area (Å²) in [7, 11) is 1.90. The van der Waals surface area contributed by atoms with E-state index in [9.17, 15) is 9.18 Å². The van der Waals surface area contributed by atoms with Gasteiger partial charge < -0.3 is 9.88 Å². The van der Waals surface area contributed by atoms with Crippen LogP contribution >= 0.6 is 23.4 Å². The molecule has 2 aromatic rings. The molecule has 1 saturated carbocycles. The van der Waals surface area contributed by atoms with Crippen molar-refractivity contribution in [2.45, 2.75) is 23.9 Å². The van der Waals surface area contributed by atoms with Crippen molar-refractivity contribution in [2.24, 2.45) is 7.05 Å². The van der Waals surface area contributed by atoms with E-state index in [2.05, 4.69) is 15.5 Å². The Hall–Kier alpha value is -1.60. The number of nitrogens with one attached hydrogen (secondary N) is 1. The first-order valence-corrected chi connectivity index (χ1v) is 8.18. The Morgan fingerprint density at radius 1 is 1.50 bits per heavy atom. The number of hydrogen-bond acceptors (Lipinski definition) is 4. The molecule has 5 nitrogen and oxygen atoms in total. The molecule has 0 unspecified atom stereocenters. The van der Waals surface area contributed by atoms with E-state index in [4.69, 9.17) is 11.6 Å². The number of thioether (sulfide) groups is 1. The molecular formula is C14H14ClFN4OS. The topological polar surface area (TPSA) is 59.8 Å². The highest BCUT2D eigenvalue weighted by molar-refractivity contribution is 7.99. The molecule has 1 heterocycles. The normalized spacial score (nSPS) is 14.1. The van der Waals surface area contributed by atoms with Gasteiger partial charge in [0.05, 0.1) is 11.4 Å². The van der Waals surface area contributed by atoms with Gasteiger partial charge in [-0.3, -0.25) is 4.79 Å².